The predicted molar refractivity (Wildman–Crippen MR) is 73.8 cm³/mol. The highest BCUT2D eigenvalue weighted by Gasteiger charge is 2.33. The zero-order valence-electron chi connectivity index (χ0n) is 11.8. The number of nitrogens with two attached hydrogens (primary N) is 2. The summed E-state index contributed by atoms with van der Waals surface area (Å²) in [7, 11) is 0. The Morgan fingerprint density at radius 2 is 1.95 bits per heavy atom. The Bertz CT molecular complexity index is 364. The Hall–Kier alpha value is -1.18. The molecule has 2 fully saturated rings. The molecule has 2 saturated heterocycles. The number of amides is 2. The summed E-state index contributed by atoms with van der Waals surface area (Å²) < 4.78 is 5.65. The summed E-state index contributed by atoms with van der Waals surface area (Å²) in [5, 5.41) is 0. The fourth-order valence-corrected chi connectivity index (χ4v) is 2.83. The molecular weight excluding hydrogens is 260 g/mol. The molecule has 2 amide bonds. The van der Waals surface area contributed by atoms with Gasteiger partial charge >= 0.3 is 0 Å². The van der Waals surface area contributed by atoms with Gasteiger partial charge in [-0.15, -0.1) is 0 Å². The summed E-state index contributed by atoms with van der Waals surface area (Å²) >= 11 is 0. The van der Waals surface area contributed by atoms with Crippen molar-refractivity contribution in [2.45, 2.75) is 31.5 Å². The van der Waals surface area contributed by atoms with Gasteiger partial charge in [0.25, 0.3) is 5.91 Å². The van der Waals surface area contributed by atoms with Crippen molar-refractivity contribution in [1.82, 2.24) is 9.80 Å². The van der Waals surface area contributed by atoms with Crippen LogP contribution in [-0.4, -0.2) is 73.1 Å². The molecular formula is C13H24N4O3. The number of carbonyl (C=O) groups excluding carboxylic acids is 2. The van der Waals surface area contributed by atoms with Crippen LogP contribution in [0.4, 0.5) is 0 Å². The number of primary amides is 1. The van der Waals surface area contributed by atoms with Gasteiger partial charge in [0.2, 0.25) is 5.91 Å². The van der Waals surface area contributed by atoms with Crippen molar-refractivity contribution in [1.29, 1.82) is 0 Å². The van der Waals surface area contributed by atoms with Gasteiger partial charge in [-0.1, -0.05) is 0 Å². The molecule has 2 aliphatic rings. The van der Waals surface area contributed by atoms with Crippen LogP contribution in [0.1, 0.15) is 19.3 Å². The van der Waals surface area contributed by atoms with Crippen LogP contribution in [0.25, 0.3) is 0 Å². The van der Waals surface area contributed by atoms with E-state index in [1.807, 2.05) is 9.80 Å². The minimum atomic E-state index is -0.341. The van der Waals surface area contributed by atoms with E-state index in [4.69, 9.17) is 16.2 Å². The standard InChI is InChI=1S/C13H24N4O3/c14-8-10-2-3-11(20-10)13(19)17-5-1-4-16(6-7-17)9-12(15)18/h10-11H,1-9,14H2,(H2,15,18). The fourth-order valence-electron chi connectivity index (χ4n) is 2.83. The number of hydrogen-bond acceptors (Lipinski definition) is 5. The third-order valence-corrected chi connectivity index (χ3v) is 3.93. The SMILES string of the molecule is NCC1CCC(C(=O)N2CCCN(CC(N)=O)CC2)O1. The Balaban J connectivity index is 1.84. The highest BCUT2D eigenvalue weighted by atomic mass is 16.5. The van der Waals surface area contributed by atoms with Crippen LogP contribution >= 0.6 is 0 Å². The predicted octanol–water partition coefficient (Wildman–Crippen LogP) is -1.49. The van der Waals surface area contributed by atoms with E-state index in [1.165, 1.54) is 0 Å². The number of nitrogens with zero attached hydrogens (tertiary/aromatic N) is 2. The van der Waals surface area contributed by atoms with E-state index in [9.17, 15) is 9.59 Å². The Labute approximate surface area is 119 Å². The first-order chi connectivity index (χ1) is 9.60. The highest BCUT2D eigenvalue weighted by Crippen LogP contribution is 2.21. The van der Waals surface area contributed by atoms with E-state index in [1.54, 1.807) is 0 Å². The first kappa shape index (κ1) is 15.2. The molecule has 7 heteroatoms. The third kappa shape index (κ3) is 3.91. The van der Waals surface area contributed by atoms with Crippen LogP contribution < -0.4 is 11.5 Å². The molecule has 0 aromatic rings. The number of hydrogen-bond donors (Lipinski definition) is 2. The van der Waals surface area contributed by atoms with Crippen molar-refractivity contribution in [2.75, 3.05) is 39.3 Å². The molecule has 2 atom stereocenters. The van der Waals surface area contributed by atoms with E-state index in [2.05, 4.69) is 0 Å². The van der Waals surface area contributed by atoms with Crippen molar-refractivity contribution >= 4 is 11.8 Å². The zero-order valence-corrected chi connectivity index (χ0v) is 11.8. The molecule has 0 saturated carbocycles. The van der Waals surface area contributed by atoms with Crippen LogP contribution in [0.2, 0.25) is 0 Å². The van der Waals surface area contributed by atoms with Crippen molar-refractivity contribution in [3.63, 3.8) is 0 Å². The molecule has 20 heavy (non-hydrogen) atoms. The average Bonchev–Trinajstić information content (AvgIpc) is 2.78. The first-order valence-corrected chi connectivity index (χ1v) is 7.25. The van der Waals surface area contributed by atoms with E-state index in [0.29, 0.717) is 26.2 Å². The molecule has 2 unspecified atom stereocenters. The number of carbonyl (C=O) groups is 2. The minimum absolute atomic E-state index is 0.0160. The summed E-state index contributed by atoms with van der Waals surface area (Å²) in [5.74, 6) is -0.267. The lowest BCUT2D eigenvalue weighted by Crippen LogP contribution is -2.42. The summed E-state index contributed by atoms with van der Waals surface area (Å²) in [4.78, 5) is 27.2. The minimum Gasteiger partial charge on any atom is -0.369 e. The van der Waals surface area contributed by atoms with Crippen molar-refractivity contribution in [3.05, 3.63) is 0 Å². The normalized spacial score (nSPS) is 28.4. The van der Waals surface area contributed by atoms with Gasteiger partial charge < -0.3 is 21.1 Å². The molecule has 2 aliphatic heterocycles. The van der Waals surface area contributed by atoms with Gasteiger partial charge in [-0.25, -0.2) is 0 Å². The van der Waals surface area contributed by atoms with Crippen molar-refractivity contribution in [2.24, 2.45) is 11.5 Å². The summed E-state index contributed by atoms with van der Waals surface area (Å²) in [6, 6.07) is 0. The van der Waals surface area contributed by atoms with Crippen LogP contribution in [-0.2, 0) is 14.3 Å². The summed E-state index contributed by atoms with van der Waals surface area (Å²) in [5.41, 5.74) is 10.8. The Morgan fingerprint density at radius 1 is 1.15 bits per heavy atom. The van der Waals surface area contributed by atoms with Gasteiger partial charge in [-0.05, 0) is 19.3 Å². The lowest BCUT2D eigenvalue weighted by atomic mass is 10.2. The molecule has 0 aliphatic carbocycles. The summed E-state index contributed by atoms with van der Waals surface area (Å²) in [6.07, 6.45) is 2.14. The Morgan fingerprint density at radius 3 is 2.60 bits per heavy atom. The molecule has 0 aromatic carbocycles. The maximum atomic E-state index is 12.4. The molecule has 0 bridgehead atoms. The fraction of sp³-hybridized carbons (Fsp3) is 0.846. The topological polar surface area (TPSA) is 102 Å². The largest absolute Gasteiger partial charge is 0.369 e. The third-order valence-electron chi connectivity index (χ3n) is 3.93. The van der Waals surface area contributed by atoms with Gasteiger partial charge in [-0.2, -0.15) is 0 Å². The van der Waals surface area contributed by atoms with E-state index < -0.39 is 0 Å². The van der Waals surface area contributed by atoms with E-state index >= 15 is 0 Å². The van der Waals surface area contributed by atoms with Crippen LogP contribution in [0.5, 0.6) is 0 Å². The van der Waals surface area contributed by atoms with Crippen molar-refractivity contribution in [3.8, 4) is 0 Å². The molecule has 2 rings (SSSR count). The smallest absolute Gasteiger partial charge is 0.251 e. The highest BCUT2D eigenvalue weighted by molar-refractivity contribution is 5.81. The maximum Gasteiger partial charge on any atom is 0.251 e. The monoisotopic (exact) mass is 284 g/mol. The van der Waals surface area contributed by atoms with Gasteiger partial charge in [0, 0.05) is 32.7 Å². The average molecular weight is 284 g/mol. The molecule has 114 valence electrons. The van der Waals surface area contributed by atoms with Crippen LogP contribution in [0.3, 0.4) is 0 Å². The lowest BCUT2D eigenvalue weighted by Gasteiger charge is -2.24. The number of ether oxygens (including phenoxy) is 1. The van der Waals surface area contributed by atoms with Crippen molar-refractivity contribution < 1.29 is 14.3 Å². The van der Waals surface area contributed by atoms with Gasteiger partial charge in [-0.3, -0.25) is 14.5 Å². The molecule has 0 spiro atoms. The molecule has 0 aromatic heterocycles. The van der Waals surface area contributed by atoms with Gasteiger partial charge in [0.15, 0.2) is 0 Å². The maximum absolute atomic E-state index is 12.4. The molecule has 0 radical (unpaired) electrons. The first-order valence-electron chi connectivity index (χ1n) is 7.25. The van der Waals surface area contributed by atoms with E-state index in [0.717, 1.165) is 25.8 Å². The van der Waals surface area contributed by atoms with Gasteiger partial charge in [0.1, 0.15) is 6.10 Å². The van der Waals surface area contributed by atoms with Crippen LogP contribution in [0, 0.1) is 0 Å². The second-order valence-electron chi connectivity index (χ2n) is 5.48. The Kier molecular flexibility index (Phi) is 5.33. The second-order valence-corrected chi connectivity index (χ2v) is 5.48. The van der Waals surface area contributed by atoms with Gasteiger partial charge in [0.05, 0.1) is 12.6 Å². The molecule has 4 N–H and O–H groups in total. The molecule has 2 heterocycles. The van der Waals surface area contributed by atoms with E-state index in [-0.39, 0.29) is 30.6 Å². The second kappa shape index (κ2) is 7.01. The quantitative estimate of drug-likeness (QED) is 0.655. The van der Waals surface area contributed by atoms with Crippen LogP contribution in [0.15, 0.2) is 0 Å². The summed E-state index contributed by atoms with van der Waals surface area (Å²) in [6.45, 7) is 3.54. The zero-order chi connectivity index (χ0) is 14.5. The molecule has 7 nitrogen and oxygen atoms in total. The lowest BCUT2D eigenvalue weighted by molar-refractivity contribution is -0.142. The number of rotatable bonds is 4.